The Hall–Kier alpha value is -2.26. The Morgan fingerprint density at radius 2 is 1.81 bits per heavy atom. The lowest BCUT2D eigenvalue weighted by molar-refractivity contribution is 0.415. The fourth-order valence-corrected chi connectivity index (χ4v) is 5.54. The third kappa shape index (κ3) is 3.78. The second-order valence-electron chi connectivity index (χ2n) is 5.90. The van der Waals surface area contributed by atoms with Gasteiger partial charge in [-0.3, -0.25) is 9.03 Å². The van der Waals surface area contributed by atoms with E-state index in [0.29, 0.717) is 30.1 Å². The van der Waals surface area contributed by atoms with Crippen molar-refractivity contribution in [3.05, 3.63) is 48.5 Å². The third-order valence-electron chi connectivity index (χ3n) is 4.10. The molecule has 1 N–H and O–H groups in total. The maximum atomic E-state index is 12.4. The largest absolute Gasteiger partial charge is 0.494 e. The molecule has 140 valence electrons. The van der Waals surface area contributed by atoms with Crippen molar-refractivity contribution >= 4 is 31.4 Å². The Labute approximate surface area is 153 Å². The van der Waals surface area contributed by atoms with E-state index in [1.54, 1.807) is 24.3 Å². The van der Waals surface area contributed by atoms with E-state index in [2.05, 4.69) is 4.72 Å². The Kier molecular flexibility index (Phi) is 5.10. The molecule has 2 aromatic rings. The van der Waals surface area contributed by atoms with Crippen LogP contribution in [0.15, 0.2) is 53.4 Å². The highest BCUT2D eigenvalue weighted by atomic mass is 32.2. The van der Waals surface area contributed by atoms with Crippen molar-refractivity contribution in [2.24, 2.45) is 0 Å². The predicted octanol–water partition coefficient (Wildman–Crippen LogP) is 2.43. The number of hydrogen-bond donors (Lipinski definition) is 1. The Balaban J connectivity index is 1.92. The molecule has 0 bridgehead atoms. The standard InChI is InChI=1S/C17H20N2O5S2/c1-24-17-13-14(18-26(22,23)15-7-3-2-4-8-15)9-10-16(17)19-11-5-6-12-25(19,20)21/h2-4,7-10,13,18H,5-6,11-12H2,1H3. The zero-order chi connectivity index (χ0) is 18.8. The van der Waals surface area contributed by atoms with Crippen molar-refractivity contribution < 1.29 is 21.6 Å². The Bertz CT molecular complexity index is 989. The fourth-order valence-electron chi connectivity index (χ4n) is 2.82. The molecule has 1 saturated heterocycles. The first-order valence-electron chi connectivity index (χ1n) is 8.10. The van der Waals surface area contributed by atoms with Crippen LogP contribution in [-0.2, 0) is 20.0 Å². The molecule has 7 nitrogen and oxygen atoms in total. The molecule has 1 fully saturated rings. The third-order valence-corrected chi connectivity index (χ3v) is 7.36. The molecule has 2 aromatic carbocycles. The highest BCUT2D eigenvalue weighted by Crippen LogP contribution is 2.35. The highest BCUT2D eigenvalue weighted by molar-refractivity contribution is 7.93. The molecule has 0 spiro atoms. The molecule has 0 unspecified atom stereocenters. The summed E-state index contributed by atoms with van der Waals surface area (Å²) in [5.41, 5.74) is 0.707. The number of ether oxygens (including phenoxy) is 1. The summed E-state index contributed by atoms with van der Waals surface area (Å²) in [5, 5.41) is 0. The Morgan fingerprint density at radius 3 is 2.46 bits per heavy atom. The second kappa shape index (κ2) is 7.16. The van der Waals surface area contributed by atoms with Gasteiger partial charge >= 0.3 is 0 Å². The second-order valence-corrected chi connectivity index (χ2v) is 9.60. The molecular formula is C17H20N2O5S2. The minimum Gasteiger partial charge on any atom is -0.494 e. The monoisotopic (exact) mass is 396 g/mol. The van der Waals surface area contributed by atoms with Gasteiger partial charge in [-0.25, -0.2) is 16.8 Å². The van der Waals surface area contributed by atoms with E-state index >= 15 is 0 Å². The lowest BCUT2D eigenvalue weighted by atomic mass is 10.2. The molecule has 0 atom stereocenters. The van der Waals surface area contributed by atoms with Gasteiger partial charge in [0.15, 0.2) is 0 Å². The van der Waals surface area contributed by atoms with Gasteiger partial charge in [-0.15, -0.1) is 0 Å². The predicted molar refractivity (Wildman–Crippen MR) is 101 cm³/mol. The minimum atomic E-state index is -3.74. The lowest BCUT2D eigenvalue weighted by Crippen LogP contribution is -2.38. The topological polar surface area (TPSA) is 92.8 Å². The van der Waals surface area contributed by atoms with Crippen molar-refractivity contribution in [1.82, 2.24) is 0 Å². The van der Waals surface area contributed by atoms with Crippen molar-refractivity contribution in [1.29, 1.82) is 0 Å². The van der Waals surface area contributed by atoms with Gasteiger partial charge in [0.05, 0.1) is 29.1 Å². The van der Waals surface area contributed by atoms with E-state index in [-0.39, 0.29) is 10.6 Å². The summed E-state index contributed by atoms with van der Waals surface area (Å²) in [6.45, 7) is 0.383. The van der Waals surface area contributed by atoms with Gasteiger partial charge in [0.1, 0.15) is 5.75 Å². The van der Waals surface area contributed by atoms with Gasteiger partial charge in [0, 0.05) is 12.6 Å². The van der Waals surface area contributed by atoms with Gasteiger partial charge in [-0.2, -0.15) is 0 Å². The number of hydrogen-bond acceptors (Lipinski definition) is 5. The van der Waals surface area contributed by atoms with Gasteiger partial charge in [0.2, 0.25) is 10.0 Å². The smallest absolute Gasteiger partial charge is 0.261 e. The van der Waals surface area contributed by atoms with Gasteiger partial charge < -0.3 is 4.74 Å². The van der Waals surface area contributed by atoms with E-state index in [4.69, 9.17) is 4.74 Å². The first-order chi connectivity index (χ1) is 12.3. The lowest BCUT2D eigenvalue weighted by Gasteiger charge is -2.29. The van der Waals surface area contributed by atoms with Crippen molar-refractivity contribution in [3.8, 4) is 5.75 Å². The van der Waals surface area contributed by atoms with Gasteiger partial charge in [-0.05, 0) is 37.1 Å². The fraction of sp³-hybridized carbons (Fsp3) is 0.294. The van der Waals surface area contributed by atoms with Crippen LogP contribution in [0, 0.1) is 0 Å². The summed E-state index contributed by atoms with van der Waals surface area (Å²) < 4.78 is 58.6. The molecule has 9 heteroatoms. The van der Waals surface area contributed by atoms with E-state index in [1.165, 1.54) is 35.7 Å². The molecule has 3 rings (SSSR count). The summed E-state index contributed by atoms with van der Waals surface area (Å²) in [6.07, 6.45) is 1.40. The maximum Gasteiger partial charge on any atom is 0.261 e. The number of sulfonamides is 2. The number of nitrogens with one attached hydrogen (secondary N) is 1. The van der Waals surface area contributed by atoms with Crippen LogP contribution < -0.4 is 13.8 Å². The minimum absolute atomic E-state index is 0.0958. The summed E-state index contributed by atoms with van der Waals surface area (Å²) in [4.78, 5) is 0.140. The van der Waals surface area contributed by atoms with Crippen molar-refractivity contribution in [2.45, 2.75) is 17.7 Å². The zero-order valence-corrected chi connectivity index (χ0v) is 15.9. The summed E-state index contributed by atoms with van der Waals surface area (Å²) >= 11 is 0. The average molecular weight is 396 g/mol. The van der Waals surface area contributed by atoms with E-state index < -0.39 is 20.0 Å². The van der Waals surface area contributed by atoms with Crippen molar-refractivity contribution in [2.75, 3.05) is 28.4 Å². The van der Waals surface area contributed by atoms with Gasteiger partial charge in [0.25, 0.3) is 10.0 Å². The first kappa shape index (κ1) is 18.5. The van der Waals surface area contributed by atoms with E-state index in [9.17, 15) is 16.8 Å². The first-order valence-corrected chi connectivity index (χ1v) is 11.2. The number of benzene rings is 2. The molecule has 26 heavy (non-hydrogen) atoms. The van der Waals surface area contributed by atoms with Crippen LogP contribution in [0.5, 0.6) is 5.75 Å². The molecular weight excluding hydrogens is 376 g/mol. The molecule has 0 saturated carbocycles. The van der Waals surface area contributed by atoms with Crippen LogP contribution in [0.1, 0.15) is 12.8 Å². The van der Waals surface area contributed by atoms with E-state index in [1.807, 2.05) is 0 Å². The molecule has 0 aromatic heterocycles. The summed E-state index contributed by atoms with van der Waals surface area (Å²) in [5.74, 6) is 0.391. The quantitative estimate of drug-likeness (QED) is 0.838. The number of nitrogens with zero attached hydrogens (tertiary/aromatic N) is 1. The normalized spacial score (nSPS) is 16.9. The Morgan fingerprint density at radius 1 is 1.08 bits per heavy atom. The number of rotatable bonds is 5. The van der Waals surface area contributed by atoms with Crippen LogP contribution in [0.25, 0.3) is 0 Å². The zero-order valence-electron chi connectivity index (χ0n) is 14.3. The van der Waals surface area contributed by atoms with Crippen molar-refractivity contribution in [3.63, 3.8) is 0 Å². The maximum absolute atomic E-state index is 12.4. The molecule has 0 radical (unpaired) electrons. The molecule has 1 aliphatic heterocycles. The summed E-state index contributed by atoms with van der Waals surface area (Å²) in [7, 11) is -5.70. The molecule has 1 heterocycles. The van der Waals surface area contributed by atoms with Gasteiger partial charge in [-0.1, -0.05) is 18.2 Å². The van der Waals surface area contributed by atoms with Crippen LogP contribution in [-0.4, -0.2) is 36.2 Å². The SMILES string of the molecule is COc1cc(NS(=O)(=O)c2ccccc2)ccc1N1CCCCS1(=O)=O. The molecule has 1 aliphatic rings. The van der Waals surface area contributed by atoms with Crippen LogP contribution in [0.2, 0.25) is 0 Å². The van der Waals surface area contributed by atoms with Crippen LogP contribution in [0.4, 0.5) is 11.4 Å². The number of methoxy groups -OCH3 is 1. The highest BCUT2D eigenvalue weighted by Gasteiger charge is 2.28. The van der Waals surface area contributed by atoms with Crippen LogP contribution in [0.3, 0.4) is 0 Å². The molecule has 0 amide bonds. The van der Waals surface area contributed by atoms with Crippen LogP contribution >= 0.6 is 0 Å². The molecule has 0 aliphatic carbocycles. The summed E-state index contributed by atoms with van der Waals surface area (Å²) in [6, 6.07) is 12.6. The number of anilines is 2. The average Bonchev–Trinajstić information content (AvgIpc) is 2.62. The van der Waals surface area contributed by atoms with E-state index in [0.717, 1.165) is 6.42 Å².